The predicted octanol–water partition coefficient (Wildman–Crippen LogP) is 0.962. The van der Waals surface area contributed by atoms with Gasteiger partial charge < -0.3 is 10.4 Å². The Kier molecular flexibility index (Phi) is 2.84. The molecule has 1 aromatic heterocycles. The van der Waals surface area contributed by atoms with E-state index in [1.54, 1.807) is 0 Å². The van der Waals surface area contributed by atoms with Crippen molar-refractivity contribution < 1.29 is 14.8 Å². The average molecular weight is 211 g/mol. The molecule has 0 radical (unpaired) electrons. The molecule has 0 saturated carbocycles. The molecular weight excluding hydrogens is 202 g/mol. The summed E-state index contributed by atoms with van der Waals surface area (Å²) in [4.78, 5) is 24.2. The summed E-state index contributed by atoms with van der Waals surface area (Å²) in [5.41, 5.74) is -0.222. The zero-order valence-electron chi connectivity index (χ0n) is 8.14. The van der Waals surface area contributed by atoms with E-state index in [2.05, 4.69) is 10.3 Å². The molecule has 80 valence electrons. The van der Waals surface area contributed by atoms with Crippen LogP contribution >= 0.6 is 0 Å². The highest BCUT2D eigenvalue weighted by Gasteiger charge is 2.22. The van der Waals surface area contributed by atoms with Crippen molar-refractivity contribution in [1.29, 1.82) is 0 Å². The number of carbonyl (C=O) groups excluding carboxylic acids is 1. The first-order valence-electron chi connectivity index (χ1n) is 4.04. The zero-order valence-corrected chi connectivity index (χ0v) is 8.14. The van der Waals surface area contributed by atoms with Crippen LogP contribution in [0.15, 0.2) is 6.20 Å². The summed E-state index contributed by atoms with van der Waals surface area (Å²) in [6.45, 7) is 2.66. The number of anilines is 1. The van der Waals surface area contributed by atoms with Crippen molar-refractivity contribution in [2.24, 2.45) is 0 Å². The Hall–Kier alpha value is -2.18. The van der Waals surface area contributed by atoms with Gasteiger partial charge in [-0.25, -0.2) is 4.98 Å². The van der Waals surface area contributed by atoms with Crippen molar-refractivity contribution in [3.63, 3.8) is 0 Å². The lowest BCUT2D eigenvalue weighted by Crippen LogP contribution is -2.08. The molecule has 0 spiro atoms. The molecule has 0 aliphatic carbocycles. The monoisotopic (exact) mass is 211 g/mol. The third-order valence-electron chi connectivity index (χ3n) is 1.69. The Morgan fingerprint density at radius 2 is 2.27 bits per heavy atom. The lowest BCUT2D eigenvalue weighted by atomic mass is 10.2. The van der Waals surface area contributed by atoms with Gasteiger partial charge in [-0.2, -0.15) is 0 Å². The normalized spacial score (nSPS) is 9.73. The second kappa shape index (κ2) is 3.91. The van der Waals surface area contributed by atoms with Crippen LogP contribution in [0.2, 0.25) is 0 Å². The van der Waals surface area contributed by atoms with Crippen LogP contribution < -0.4 is 5.32 Å². The van der Waals surface area contributed by atoms with E-state index >= 15 is 0 Å². The predicted molar refractivity (Wildman–Crippen MR) is 51.6 cm³/mol. The molecule has 0 unspecified atom stereocenters. The standard InChI is InChI=1S/C8H9N3O4/c1-4-3-9-8(10-5(2)12)7(13)6(4)11(14)15/h3,13H,1-2H3,(H,9,10,12). The number of hydrogen-bond acceptors (Lipinski definition) is 5. The number of nitrogens with zero attached hydrogens (tertiary/aromatic N) is 2. The fraction of sp³-hybridized carbons (Fsp3) is 0.250. The minimum Gasteiger partial charge on any atom is -0.500 e. The maximum atomic E-state index is 10.7. The Bertz CT molecular complexity index is 430. The molecule has 0 fully saturated rings. The molecular formula is C8H9N3O4. The van der Waals surface area contributed by atoms with Crippen LogP contribution in [0.25, 0.3) is 0 Å². The number of pyridine rings is 1. The molecule has 7 nitrogen and oxygen atoms in total. The minimum absolute atomic E-state index is 0.209. The maximum Gasteiger partial charge on any atom is 0.319 e. The summed E-state index contributed by atoms with van der Waals surface area (Å²) >= 11 is 0. The van der Waals surface area contributed by atoms with E-state index in [0.29, 0.717) is 0 Å². The van der Waals surface area contributed by atoms with E-state index in [1.807, 2.05) is 0 Å². The molecule has 1 heterocycles. The van der Waals surface area contributed by atoms with Crippen LogP contribution in [0.1, 0.15) is 12.5 Å². The number of nitrogens with one attached hydrogen (secondary N) is 1. The zero-order chi connectivity index (χ0) is 11.6. The smallest absolute Gasteiger partial charge is 0.319 e. The first kappa shape index (κ1) is 10.9. The van der Waals surface area contributed by atoms with Gasteiger partial charge in [0.25, 0.3) is 0 Å². The Labute approximate surface area is 84.9 Å². The van der Waals surface area contributed by atoms with Crippen LogP contribution in [-0.2, 0) is 4.79 Å². The SMILES string of the molecule is CC(=O)Nc1ncc(C)c([N+](=O)[O-])c1O. The molecule has 0 aromatic carbocycles. The van der Waals surface area contributed by atoms with Gasteiger partial charge in [0.05, 0.1) is 4.92 Å². The first-order chi connectivity index (χ1) is 6.93. The van der Waals surface area contributed by atoms with Crippen LogP contribution in [0.3, 0.4) is 0 Å². The van der Waals surface area contributed by atoms with Crippen molar-refractivity contribution in [1.82, 2.24) is 4.98 Å². The van der Waals surface area contributed by atoms with E-state index in [0.717, 1.165) is 0 Å². The van der Waals surface area contributed by atoms with Crippen molar-refractivity contribution in [3.05, 3.63) is 21.9 Å². The van der Waals surface area contributed by atoms with E-state index in [9.17, 15) is 20.0 Å². The lowest BCUT2D eigenvalue weighted by Gasteiger charge is -2.05. The number of rotatable bonds is 2. The number of hydrogen-bond donors (Lipinski definition) is 2. The van der Waals surface area contributed by atoms with E-state index in [1.165, 1.54) is 20.0 Å². The Morgan fingerprint density at radius 3 is 2.73 bits per heavy atom. The fourth-order valence-electron chi connectivity index (χ4n) is 1.07. The molecule has 0 saturated heterocycles. The van der Waals surface area contributed by atoms with Gasteiger partial charge in [-0.1, -0.05) is 0 Å². The highest BCUT2D eigenvalue weighted by atomic mass is 16.6. The molecule has 0 bridgehead atoms. The summed E-state index contributed by atoms with van der Waals surface area (Å²) in [5.74, 6) is -1.30. The van der Waals surface area contributed by atoms with E-state index < -0.39 is 22.3 Å². The first-order valence-corrected chi connectivity index (χ1v) is 4.04. The molecule has 7 heteroatoms. The van der Waals surface area contributed by atoms with E-state index in [-0.39, 0.29) is 11.4 Å². The second-order valence-electron chi connectivity index (χ2n) is 2.93. The molecule has 0 aliphatic heterocycles. The van der Waals surface area contributed by atoms with Crippen molar-refractivity contribution in [3.8, 4) is 5.75 Å². The van der Waals surface area contributed by atoms with Gasteiger partial charge in [-0.05, 0) is 6.92 Å². The Morgan fingerprint density at radius 1 is 1.67 bits per heavy atom. The quantitative estimate of drug-likeness (QED) is 0.559. The van der Waals surface area contributed by atoms with Gasteiger partial charge in [0.1, 0.15) is 0 Å². The number of carbonyl (C=O) groups is 1. The van der Waals surface area contributed by atoms with E-state index in [4.69, 9.17) is 0 Å². The van der Waals surface area contributed by atoms with Gasteiger partial charge in [-0.15, -0.1) is 0 Å². The van der Waals surface area contributed by atoms with Gasteiger partial charge in [0, 0.05) is 18.7 Å². The third-order valence-corrected chi connectivity index (χ3v) is 1.69. The van der Waals surface area contributed by atoms with Gasteiger partial charge in [-0.3, -0.25) is 14.9 Å². The molecule has 0 aliphatic rings. The molecule has 0 atom stereocenters. The van der Waals surface area contributed by atoms with Crippen molar-refractivity contribution in [2.75, 3.05) is 5.32 Å². The summed E-state index contributed by atoms with van der Waals surface area (Å²) in [5, 5.41) is 22.2. The molecule has 15 heavy (non-hydrogen) atoms. The number of amides is 1. The van der Waals surface area contributed by atoms with Crippen molar-refractivity contribution in [2.45, 2.75) is 13.8 Å². The van der Waals surface area contributed by atoms with Gasteiger partial charge >= 0.3 is 5.69 Å². The van der Waals surface area contributed by atoms with Crippen LogP contribution in [-0.4, -0.2) is 20.9 Å². The summed E-state index contributed by atoms with van der Waals surface area (Å²) in [6, 6.07) is 0. The largest absolute Gasteiger partial charge is 0.500 e. The molecule has 1 amide bonds. The highest BCUT2D eigenvalue weighted by molar-refractivity contribution is 5.90. The van der Waals surface area contributed by atoms with Crippen LogP contribution in [0.5, 0.6) is 5.75 Å². The molecule has 2 N–H and O–H groups in total. The number of aromatic nitrogens is 1. The third kappa shape index (κ3) is 2.19. The number of aryl methyl sites for hydroxylation is 1. The lowest BCUT2D eigenvalue weighted by molar-refractivity contribution is -0.386. The molecule has 1 rings (SSSR count). The highest BCUT2D eigenvalue weighted by Crippen LogP contribution is 2.34. The van der Waals surface area contributed by atoms with Crippen molar-refractivity contribution >= 4 is 17.4 Å². The second-order valence-corrected chi connectivity index (χ2v) is 2.93. The van der Waals surface area contributed by atoms with Crippen LogP contribution in [0.4, 0.5) is 11.5 Å². The number of aromatic hydroxyl groups is 1. The van der Waals surface area contributed by atoms with Crippen LogP contribution in [0, 0.1) is 17.0 Å². The van der Waals surface area contributed by atoms with Gasteiger partial charge in [0.2, 0.25) is 11.7 Å². The maximum absolute atomic E-state index is 10.7. The average Bonchev–Trinajstić information content (AvgIpc) is 2.09. The summed E-state index contributed by atoms with van der Waals surface area (Å²) < 4.78 is 0. The van der Waals surface area contributed by atoms with Gasteiger partial charge in [0.15, 0.2) is 5.82 Å². The number of nitro groups is 1. The topological polar surface area (TPSA) is 105 Å². The minimum atomic E-state index is -0.725. The summed E-state index contributed by atoms with van der Waals surface area (Å²) in [6.07, 6.45) is 1.21. The Balaban J connectivity index is 3.28. The molecule has 1 aromatic rings. The fourth-order valence-corrected chi connectivity index (χ4v) is 1.07. The summed E-state index contributed by atoms with van der Waals surface area (Å²) in [7, 11) is 0.